The van der Waals surface area contributed by atoms with Gasteiger partial charge in [-0.15, -0.1) is 0 Å². The largest absolute Gasteiger partial charge is 0.425 e. The van der Waals surface area contributed by atoms with Crippen LogP contribution in [0.3, 0.4) is 0 Å². The summed E-state index contributed by atoms with van der Waals surface area (Å²) in [6.45, 7) is -0.187. The van der Waals surface area contributed by atoms with Crippen LogP contribution in [0.1, 0.15) is 6.92 Å². The van der Waals surface area contributed by atoms with E-state index in [2.05, 4.69) is 0 Å². The van der Waals surface area contributed by atoms with E-state index >= 15 is 0 Å². The maximum atomic E-state index is 12.8. The van der Waals surface area contributed by atoms with Gasteiger partial charge in [0.05, 0.1) is 0 Å². The highest BCUT2D eigenvalue weighted by Crippen LogP contribution is 2.42. The lowest BCUT2D eigenvalue weighted by atomic mass is 10.0. The SMILES string of the molecule is CC(F)(/C=C/C(C(F)(F)F)C(F)(F)F)C(F)(F)F. The third kappa shape index (κ3) is 4.37. The van der Waals surface area contributed by atoms with Crippen molar-refractivity contribution in [1.82, 2.24) is 0 Å². The van der Waals surface area contributed by atoms with E-state index in [1.165, 1.54) is 0 Å². The quantitative estimate of drug-likeness (QED) is 0.516. The predicted octanol–water partition coefficient (Wildman–Crippen LogP) is 4.57. The first-order valence-electron chi connectivity index (χ1n) is 4.17. The highest BCUT2D eigenvalue weighted by molar-refractivity contribution is 5.07. The van der Waals surface area contributed by atoms with Crippen molar-refractivity contribution in [1.29, 1.82) is 0 Å². The molecule has 0 aliphatic carbocycles. The van der Waals surface area contributed by atoms with Crippen LogP contribution in [0.5, 0.6) is 0 Å². The summed E-state index contributed by atoms with van der Waals surface area (Å²) in [4.78, 5) is 0. The van der Waals surface area contributed by atoms with Crippen molar-refractivity contribution >= 4 is 0 Å². The van der Waals surface area contributed by atoms with Crippen LogP contribution in [-0.2, 0) is 0 Å². The Labute approximate surface area is 94.3 Å². The number of alkyl halides is 10. The molecule has 0 saturated heterocycles. The van der Waals surface area contributed by atoms with E-state index in [1.807, 2.05) is 0 Å². The second kappa shape index (κ2) is 4.61. The molecule has 0 aliphatic heterocycles. The Hall–Kier alpha value is -0.960. The molecule has 0 fully saturated rings. The van der Waals surface area contributed by atoms with Gasteiger partial charge in [-0.2, -0.15) is 39.5 Å². The van der Waals surface area contributed by atoms with Crippen molar-refractivity contribution in [2.75, 3.05) is 0 Å². The summed E-state index contributed by atoms with van der Waals surface area (Å²) >= 11 is 0. The van der Waals surface area contributed by atoms with Crippen LogP contribution >= 0.6 is 0 Å². The molecule has 0 amide bonds. The minimum absolute atomic E-state index is 0.187. The Balaban J connectivity index is 5.27. The number of allylic oxidation sites excluding steroid dienone is 2. The number of hydrogen-bond acceptors (Lipinski definition) is 0. The molecule has 108 valence electrons. The van der Waals surface area contributed by atoms with Gasteiger partial charge in [-0.05, 0) is 13.0 Å². The minimum Gasteiger partial charge on any atom is -0.230 e. The molecule has 0 aromatic carbocycles. The van der Waals surface area contributed by atoms with Gasteiger partial charge in [0.1, 0.15) is 0 Å². The van der Waals surface area contributed by atoms with Crippen LogP contribution in [0, 0.1) is 5.92 Å². The van der Waals surface area contributed by atoms with E-state index < -0.39 is 42.3 Å². The lowest BCUT2D eigenvalue weighted by molar-refractivity contribution is -0.268. The topological polar surface area (TPSA) is 0 Å². The van der Waals surface area contributed by atoms with E-state index in [-0.39, 0.29) is 6.92 Å². The zero-order valence-electron chi connectivity index (χ0n) is 8.51. The van der Waals surface area contributed by atoms with Crippen LogP contribution in [-0.4, -0.2) is 24.2 Å². The fourth-order valence-corrected chi connectivity index (χ4v) is 0.775. The molecule has 0 aromatic heterocycles. The lowest BCUT2D eigenvalue weighted by Crippen LogP contribution is -2.38. The van der Waals surface area contributed by atoms with Crippen molar-refractivity contribution < 1.29 is 43.9 Å². The van der Waals surface area contributed by atoms with Crippen molar-refractivity contribution in [3.8, 4) is 0 Å². The summed E-state index contributed by atoms with van der Waals surface area (Å²) in [5, 5.41) is 0. The predicted molar refractivity (Wildman–Crippen MR) is 40.3 cm³/mol. The van der Waals surface area contributed by atoms with Crippen LogP contribution in [0.4, 0.5) is 43.9 Å². The average molecular weight is 292 g/mol. The Bertz CT molecular complexity index is 287. The summed E-state index contributed by atoms with van der Waals surface area (Å²) in [6, 6.07) is 0. The summed E-state index contributed by atoms with van der Waals surface area (Å²) in [5.74, 6) is -4.15. The molecule has 0 radical (unpaired) electrons. The van der Waals surface area contributed by atoms with Gasteiger partial charge in [0.25, 0.3) is 0 Å². The second-order valence-corrected chi connectivity index (χ2v) is 3.49. The molecule has 0 N–H and O–H groups in total. The van der Waals surface area contributed by atoms with E-state index in [9.17, 15) is 43.9 Å². The molecule has 0 spiro atoms. The van der Waals surface area contributed by atoms with Crippen molar-refractivity contribution in [3.63, 3.8) is 0 Å². The summed E-state index contributed by atoms with van der Waals surface area (Å²) in [5.41, 5.74) is -4.28. The van der Waals surface area contributed by atoms with E-state index in [0.29, 0.717) is 0 Å². The van der Waals surface area contributed by atoms with Gasteiger partial charge >= 0.3 is 18.5 Å². The molecule has 0 heterocycles. The molecule has 0 saturated carbocycles. The zero-order chi connectivity index (χ0) is 15.0. The van der Waals surface area contributed by atoms with Gasteiger partial charge in [-0.3, -0.25) is 0 Å². The van der Waals surface area contributed by atoms with Crippen LogP contribution in [0.2, 0.25) is 0 Å². The first kappa shape index (κ1) is 17.0. The minimum atomic E-state index is -5.85. The Morgan fingerprint density at radius 1 is 0.722 bits per heavy atom. The van der Waals surface area contributed by atoms with Gasteiger partial charge in [0, 0.05) is 0 Å². The molecule has 0 aliphatic rings. The molecular formula is C8H6F10. The first-order chi connectivity index (χ1) is 7.59. The van der Waals surface area contributed by atoms with Crippen molar-refractivity contribution in [3.05, 3.63) is 12.2 Å². The lowest BCUT2D eigenvalue weighted by Gasteiger charge is -2.23. The Morgan fingerprint density at radius 3 is 1.28 bits per heavy atom. The summed E-state index contributed by atoms with van der Waals surface area (Å²) in [6.07, 6.45) is -19.0. The van der Waals surface area contributed by atoms with Crippen LogP contribution in [0.25, 0.3) is 0 Å². The molecular weight excluding hydrogens is 286 g/mol. The van der Waals surface area contributed by atoms with E-state index in [4.69, 9.17) is 0 Å². The normalized spacial score (nSPS) is 18.4. The van der Waals surface area contributed by atoms with Gasteiger partial charge in [-0.1, -0.05) is 6.08 Å². The monoisotopic (exact) mass is 292 g/mol. The smallest absolute Gasteiger partial charge is 0.230 e. The standard InChI is InChI=1S/C8H6F10/c1-5(9,8(16,17)18)3-2-4(6(10,11)12)7(13,14)15/h2-4H,1H3/b3-2+. The second-order valence-electron chi connectivity index (χ2n) is 3.49. The van der Waals surface area contributed by atoms with Gasteiger partial charge in [0.15, 0.2) is 5.92 Å². The van der Waals surface area contributed by atoms with Crippen molar-refractivity contribution in [2.45, 2.75) is 31.1 Å². The summed E-state index contributed by atoms with van der Waals surface area (Å²) in [7, 11) is 0. The van der Waals surface area contributed by atoms with Gasteiger partial charge in [0.2, 0.25) is 5.67 Å². The molecule has 1 atom stereocenters. The molecule has 0 rings (SSSR count). The molecule has 0 nitrogen and oxygen atoms in total. The molecule has 18 heavy (non-hydrogen) atoms. The number of hydrogen-bond donors (Lipinski definition) is 0. The van der Waals surface area contributed by atoms with E-state index in [0.717, 1.165) is 0 Å². The zero-order valence-corrected chi connectivity index (χ0v) is 8.51. The Kier molecular flexibility index (Phi) is 4.37. The fourth-order valence-electron chi connectivity index (χ4n) is 0.775. The fraction of sp³-hybridized carbons (Fsp3) is 0.750. The molecule has 0 bridgehead atoms. The first-order valence-corrected chi connectivity index (χ1v) is 4.17. The maximum absolute atomic E-state index is 12.8. The third-order valence-electron chi connectivity index (χ3n) is 1.86. The van der Waals surface area contributed by atoms with Crippen LogP contribution in [0.15, 0.2) is 12.2 Å². The number of rotatable bonds is 2. The molecule has 0 aromatic rings. The highest BCUT2D eigenvalue weighted by Gasteiger charge is 2.56. The van der Waals surface area contributed by atoms with Gasteiger partial charge < -0.3 is 0 Å². The maximum Gasteiger partial charge on any atom is 0.425 e. The van der Waals surface area contributed by atoms with E-state index in [1.54, 1.807) is 0 Å². The Morgan fingerprint density at radius 2 is 1.06 bits per heavy atom. The van der Waals surface area contributed by atoms with Crippen molar-refractivity contribution in [2.24, 2.45) is 5.92 Å². The molecule has 1 unspecified atom stereocenters. The highest BCUT2D eigenvalue weighted by atomic mass is 19.4. The van der Waals surface area contributed by atoms with Crippen LogP contribution < -0.4 is 0 Å². The van der Waals surface area contributed by atoms with Gasteiger partial charge in [-0.25, -0.2) is 4.39 Å². The molecule has 10 heteroatoms. The summed E-state index contributed by atoms with van der Waals surface area (Å²) < 4.78 is 120. The number of halogens is 10. The average Bonchev–Trinajstić information content (AvgIpc) is 1.95. The third-order valence-corrected chi connectivity index (χ3v) is 1.86.